The maximum absolute atomic E-state index is 11.8. The van der Waals surface area contributed by atoms with Gasteiger partial charge in [0.2, 0.25) is 6.79 Å². The first-order valence-corrected chi connectivity index (χ1v) is 6.97. The Morgan fingerprint density at radius 3 is 2.91 bits per heavy atom. The number of hydrogen-bond donors (Lipinski definition) is 3. The molecule has 3 N–H and O–H groups in total. The first kappa shape index (κ1) is 14.7. The van der Waals surface area contributed by atoms with Crippen molar-refractivity contribution in [3.05, 3.63) is 59.6 Å². The lowest BCUT2D eigenvalue weighted by Crippen LogP contribution is -2.36. The van der Waals surface area contributed by atoms with Crippen LogP contribution in [0.5, 0.6) is 11.5 Å². The fourth-order valence-corrected chi connectivity index (χ4v) is 1.99. The number of fused-ring (bicyclic) bond motifs is 1. The number of aryl methyl sites for hydroxylation is 1. The van der Waals surface area contributed by atoms with Crippen molar-refractivity contribution in [1.82, 2.24) is 21.0 Å². The number of amides is 1. The molecule has 0 radical (unpaired) electrons. The van der Waals surface area contributed by atoms with Crippen molar-refractivity contribution in [2.24, 2.45) is 0 Å². The largest absolute Gasteiger partial charge is 0.454 e. The molecular weight excluding hydrogens is 296 g/mol. The highest BCUT2D eigenvalue weighted by Gasteiger charge is 2.12. The van der Waals surface area contributed by atoms with Crippen molar-refractivity contribution in [3.8, 4) is 11.5 Å². The number of rotatable bonds is 5. The van der Waals surface area contributed by atoms with Crippen molar-refractivity contribution in [2.45, 2.75) is 6.92 Å². The fraction of sp³-hybridized carbons (Fsp3) is 0.125. The molecule has 7 heteroatoms. The summed E-state index contributed by atoms with van der Waals surface area (Å²) in [5.74, 6) is 1.11. The van der Waals surface area contributed by atoms with E-state index < -0.39 is 0 Å². The molecule has 1 aromatic carbocycles. The molecule has 0 atom stereocenters. The van der Waals surface area contributed by atoms with Gasteiger partial charge in [-0.3, -0.25) is 20.7 Å². The van der Waals surface area contributed by atoms with E-state index in [9.17, 15) is 4.79 Å². The molecule has 118 valence electrons. The van der Waals surface area contributed by atoms with Crippen LogP contribution in [0, 0.1) is 6.92 Å². The fourth-order valence-electron chi connectivity index (χ4n) is 1.99. The Kier molecular flexibility index (Phi) is 4.01. The van der Waals surface area contributed by atoms with Crippen molar-refractivity contribution in [2.75, 3.05) is 6.79 Å². The summed E-state index contributed by atoms with van der Waals surface area (Å²) in [4.78, 5) is 11.8. The van der Waals surface area contributed by atoms with Crippen LogP contribution in [-0.4, -0.2) is 22.9 Å². The maximum Gasteiger partial charge on any atom is 0.290 e. The van der Waals surface area contributed by atoms with E-state index in [4.69, 9.17) is 9.47 Å². The van der Waals surface area contributed by atoms with Gasteiger partial charge in [0.25, 0.3) is 5.91 Å². The van der Waals surface area contributed by atoms with Crippen molar-refractivity contribution in [3.63, 3.8) is 0 Å². The Morgan fingerprint density at radius 2 is 2.13 bits per heavy atom. The summed E-state index contributed by atoms with van der Waals surface area (Å²) < 4.78 is 10.6. The van der Waals surface area contributed by atoms with E-state index >= 15 is 0 Å². The molecule has 1 aliphatic heterocycles. The number of hydrogen-bond acceptors (Lipinski definition) is 5. The number of H-pyrrole nitrogens is 1. The molecule has 0 saturated carbocycles. The standard InChI is InChI=1S/C16H16N4O3/c1-10(17-20-16(21)13-7-11(2)18-19-13)3-4-12-5-6-14-15(8-12)23-9-22-14/h3-8,17H,1,9H2,2H3,(H,18,19)(H,20,21). The van der Waals surface area contributed by atoms with Gasteiger partial charge in [-0.2, -0.15) is 5.10 Å². The molecule has 7 nitrogen and oxygen atoms in total. The number of benzene rings is 1. The molecule has 2 heterocycles. The molecule has 2 aromatic rings. The summed E-state index contributed by atoms with van der Waals surface area (Å²) in [5.41, 5.74) is 7.84. The van der Waals surface area contributed by atoms with Gasteiger partial charge in [0.05, 0.1) is 0 Å². The van der Waals surface area contributed by atoms with Crippen LogP contribution in [0.2, 0.25) is 0 Å². The van der Waals surface area contributed by atoms with Crippen molar-refractivity contribution >= 4 is 12.0 Å². The molecule has 0 fully saturated rings. The molecule has 0 unspecified atom stereocenters. The molecule has 0 bridgehead atoms. The summed E-state index contributed by atoms with van der Waals surface area (Å²) in [6.45, 7) is 5.89. The van der Waals surface area contributed by atoms with E-state index in [0.717, 1.165) is 17.0 Å². The van der Waals surface area contributed by atoms with Crippen molar-refractivity contribution in [1.29, 1.82) is 0 Å². The molecule has 1 amide bonds. The zero-order valence-electron chi connectivity index (χ0n) is 12.6. The van der Waals surface area contributed by atoms with Gasteiger partial charge in [0.15, 0.2) is 17.2 Å². The summed E-state index contributed by atoms with van der Waals surface area (Å²) >= 11 is 0. The summed E-state index contributed by atoms with van der Waals surface area (Å²) in [7, 11) is 0. The molecular formula is C16H16N4O3. The SMILES string of the molecule is C=C(C=Cc1ccc2c(c1)OCO2)NNC(=O)c1cc(C)[nH]n1. The highest BCUT2D eigenvalue weighted by atomic mass is 16.7. The lowest BCUT2D eigenvalue weighted by molar-refractivity contribution is 0.0934. The molecule has 0 saturated heterocycles. The number of nitrogens with zero attached hydrogens (tertiary/aromatic N) is 1. The predicted octanol–water partition coefficient (Wildman–Crippen LogP) is 1.91. The summed E-state index contributed by atoms with van der Waals surface area (Å²) in [6, 6.07) is 7.28. The molecule has 1 aromatic heterocycles. The topological polar surface area (TPSA) is 88.3 Å². The van der Waals surface area contributed by atoms with Crippen LogP contribution in [0.4, 0.5) is 0 Å². The predicted molar refractivity (Wildman–Crippen MR) is 84.7 cm³/mol. The van der Waals surface area contributed by atoms with Gasteiger partial charge in [-0.05, 0) is 36.8 Å². The third kappa shape index (κ3) is 3.52. The smallest absolute Gasteiger partial charge is 0.290 e. The molecule has 0 spiro atoms. The Balaban J connectivity index is 1.54. The van der Waals surface area contributed by atoms with Gasteiger partial charge < -0.3 is 9.47 Å². The van der Waals surface area contributed by atoms with Crippen molar-refractivity contribution < 1.29 is 14.3 Å². The monoisotopic (exact) mass is 312 g/mol. The lowest BCUT2D eigenvalue weighted by atomic mass is 10.2. The average molecular weight is 312 g/mol. The Hall–Kier alpha value is -3.22. The van der Waals surface area contributed by atoms with Crippen LogP contribution in [0.3, 0.4) is 0 Å². The van der Waals surface area contributed by atoms with Crippen LogP contribution < -0.4 is 20.3 Å². The van der Waals surface area contributed by atoms with Gasteiger partial charge in [-0.1, -0.05) is 18.7 Å². The zero-order chi connectivity index (χ0) is 16.2. The van der Waals surface area contributed by atoms with Gasteiger partial charge in [-0.15, -0.1) is 0 Å². The van der Waals surface area contributed by atoms with Crippen LogP contribution in [0.25, 0.3) is 6.08 Å². The maximum atomic E-state index is 11.8. The second-order valence-corrected chi connectivity index (χ2v) is 4.99. The number of carbonyl (C=O) groups is 1. The number of allylic oxidation sites excluding steroid dienone is 1. The third-order valence-corrected chi connectivity index (χ3v) is 3.15. The summed E-state index contributed by atoms with van der Waals surface area (Å²) in [5, 5.41) is 6.58. The Bertz CT molecular complexity index is 779. The average Bonchev–Trinajstić information content (AvgIpc) is 3.18. The number of nitrogens with one attached hydrogen (secondary N) is 3. The van der Waals surface area contributed by atoms with Crippen LogP contribution >= 0.6 is 0 Å². The van der Waals surface area contributed by atoms with E-state index in [2.05, 4.69) is 27.6 Å². The lowest BCUT2D eigenvalue weighted by Gasteiger charge is -2.06. The highest BCUT2D eigenvalue weighted by Crippen LogP contribution is 2.32. The molecule has 1 aliphatic rings. The minimum atomic E-state index is -0.341. The van der Waals surface area contributed by atoms with Crippen LogP contribution in [-0.2, 0) is 0 Å². The van der Waals surface area contributed by atoms with E-state index in [1.54, 1.807) is 12.1 Å². The van der Waals surface area contributed by atoms with Gasteiger partial charge in [0, 0.05) is 11.4 Å². The van der Waals surface area contributed by atoms with Crippen LogP contribution in [0.15, 0.2) is 42.6 Å². The van der Waals surface area contributed by atoms with E-state index in [-0.39, 0.29) is 12.7 Å². The first-order chi connectivity index (χ1) is 11.1. The number of carbonyl (C=O) groups excluding carboxylic acids is 1. The van der Waals surface area contributed by atoms with Gasteiger partial charge >= 0.3 is 0 Å². The molecule has 23 heavy (non-hydrogen) atoms. The van der Waals surface area contributed by atoms with E-state index in [1.165, 1.54) is 0 Å². The third-order valence-electron chi connectivity index (χ3n) is 3.15. The quantitative estimate of drug-likeness (QED) is 0.580. The number of aromatic amines is 1. The summed E-state index contributed by atoms with van der Waals surface area (Å²) in [6.07, 6.45) is 3.59. The molecule has 0 aliphatic carbocycles. The normalized spacial score (nSPS) is 12.4. The van der Waals surface area contributed by atoms with E-state index in [1.807, 2.05) is 31.2 Å². The van der Waals surface area contributed by atoms with Crippen LogP contribution in [0.1, 0.15) is 21.7 Å². The second-order valence-electron chi connectivity index (χ2n) is 4.99. The molecule has 3 rings (SSSR count). The number of hydrazine groups is 1. The van der Waals surface area contributed by atoms with Gasteiger partial charge in [0.1, 0.15) is 0 Å². The Labute approximate surface area is 133 Å². The minimum absolute atomic E-state index is 0.245. The number of ether oxygens (including phenoxy) is 2. The van der Waals surface area contributed by atoms with E-state index in [0.29, 0.717) is 17.1 Å². The minimum Gasteiger partial charge on any atom is -0.454 e. The zero-order valence-corrected chi connectivity index (χ0v) is 12.6. The number of aromatic nitrogens is 2. The highest BCUT2D eigenvalue weighted by molar-refractivity contribution is 5.92. The Morgan fingerprint density at radius 1 is 1.30 bits per heavy atom. The second kappa shape index (κ2) is 6.27. The first-order valence-electron chi connectivity index (χ1n) is 6.97. The van der Waals surface area contributed by atoms with Gasteiger partial charge in [-0.25, -0.2) is 0 Å².